The molecule has 2 nitrogen and oxygen atoms in total. The fourth-order valence-corrected chi connectivity index (χ4v) is 2.41. The fourth-order valence-electron chi connectivity index (χ4n) is 2.41. The smallest absolute Gasteiger partial charge is 0.251 e. The van der Waals surface area contributed by atoms with Gasteiger partial charge in [-0.3, -0.25) is 4.90 Å². The maximum atomic E-state index is 12.1. The lowest BCUT2D eigenvalue weighted by Crippen LogP contribution is -2.40. The molecule has 0 heterocycles. The summed E-state index contributed by atoms with van der Waals surface area (Å²) in [7, 11) is 1.66. The first-order chi connectivity index (χ1) is 7.08. The van der Waals surface area contributed by atoms with Crippen LogP contribution in [0.5, 0.6) is 0 Å². The minimum atomic E-state index is -2.32. The van der Waals surface area contributed by atoms with Crippen LogP contribution >= 0.6 is 0 Å². The monoisotopic (exact) mass is 219 g/mol. The van der Waals surface area contributed by atoms with Crippen molar-refractivity contribution >= 4 is 6.29 Å². The molecule has 0 unspecified atom stereocenters. The summed E-state index contributed by atoms with van der Waals surface area (Å²) in [6, 6.07) is 0. The Kier molecular flexibility index (Phi) is 4.64. The summed E-state index contributed by atoms with van der Waals surface area (Å²) in [4.78, 5) is 12.7. The summed E-state index contributed by atoms with van der Waals surface area (Å²) < 4.78 is 24.3. The van der Waals surface area contributed by atoms with E-state index in [1.54, 1.807) is 11.9 Å². The molecule has 1 saturated carbocycles. The van der Waals surface area contributed by atoms with Crippen molar-refractivity contribution in [2.45, 2.75) is 38.5 Å². The average molecular weight is 219 g/mol. The molecule has 4 heteroatoms. The van der Waals surface area contributed by atoms with E-state index in [9.17, 15) is 13.6 Å². The van der Waals surface area contributed by atoms with Gasteiger partial charge >= 0.3 is 0 Å². The Bertz CT molecular complexity index is 203. The van der Waals surface area contributed by atoms with Crippen molar-refractivity contribution in [3.8, 4) is 0 Å². The van der Waals surface area contributed by atoms with Gasteiger partial charge in [-0.15, -0.1) is 0 Å². The van der Waals surface area contributed by atoms with Crippen molar-refractivity contribution in [2.24, 2.45) is 5.41 Å². The van der Waals surface area contributed by atoms with Crippen LogP contribution in [-0.2, 0) is 4.79 Å². The van der Waals surface area contributed by atoms with Crippen LogP contribution in [0.2, 0.25) is 0 Å². The van der Waals surface area contributed by atoms with E-state index >= 15 is 0 Å². The highest BCUT2D eigenvalue weighted by molar-refractivity contribution is 5.60. The highest BCUT2D eigenvalue weighted by Crippen LogP contribution is 2.34. The number of carbonyl (C=O) groups is 1. The van der Waals surface area contributed by atoms with Crippen molar-refractivity contribution in [1.29, 1.82) is 0 Å². The molecule has 0 N–H and O–H groups in total. The third-order valence-electron chi connectivity index (χ3n) is 3.13. The lowest BCUT2D eigenvalue weighted by Gasteiger charge is -2.35. The van der Waals surface area contributed by atoms with E-state index in [2.05, 4.69) is 0 Å². The molecule has 0 bridgehead atoms. The number of halogens is 2. The molecule has 1 aliphatic carbocycles. The molecule has 0 aromatic carbocycles. The number of hydrogen-bond donors (Lipinski definition) is 0. The lowest BCUT2D eigenvalue weighted by atomic mass is 9.75. The highest BCUT2D eigenvalue weighted by atomic mass is 19.3. The third-order valence-corrected chi connectivity index (χ3v) is 3.13. The van der Waals surface area contributed by atoms with Gasteiger partial charge < -0.3 is 4.79 Å². The molecule has 0 aromatic rings. The fraction of sp³-hybridized carbons (Fsp3) is 0.909. The van der Waals surface area contributed by atoms with Gasteiger partial charge in [0.25, 0.3) is 6.43 Å². The van der Waals surface area contributed by atoms with Gasteiger partial charge in [0.05, 0.1) is 6.54 Å². The minimum Gasteiger partial charge on any atom is -0.303 e. The molecule has 1 aliphatic rings. The molecule has 0 amide bonds. The second-order valence-corrected chi connectivity index (χ2v) is 4.63. The van der Waals surface area contributed by atoms with E-state index in [0.717, 1.165) is 38.4 Å². The predicted molar refractivity (Wildman–Crippen MR) is 55.1 cm³/mol. The Hall–Kier alpha value is -0.510. The summed E-state index contributed by atoms with van der Waals surface area (Å²) in [5.74, 6) is 0. The van der Waals surface area contributed by atoms with Crippen molar-refractivity contribution < 1.29 is 13.6 Å². The predicted octanol–water partition coefficient (Wildman–Crippen LogP) is 2.33. The van der Waals surface area contributed by atoms with Gasteiger partial charge in [-0.05, 0) is 19.9 Å². The van der Waals surface area contributed by atoms with Gasteiger partial charge in [-0.25, -0.2) is 8.78 Å². The van der Waals surface area contributed by atoms with Gasteiger partial charge in [0, 0.05) is 12.0 Å². The molecular weight excluding hydrogens is 200 g/mol. The summed E-state index contributed by atoms with van der Waals surface area (Å²) in [6.07, 6.45) is 3.61. The van der Waals surface area contributed by atoms with Gasteiger partial charge in [0.15, 0.2) is 0 Å². The summed E-state index contributed by atoms with van der Waals surface area (Å²) in [5.41, 5.74) is -0.359. The van der Waals surface area contributed by atoms with Crippen LogP contribution in [0.3, 0.4) is 0 Å². The molecule has 15 heavy (non-hydrogen) atoms. The van der Waals surface area contributed by atoms with Gasteiger partial charge in [0.2, 0.25) is 0 Å². The zero-order valence-corrected chi connectivity index (χ0v) is 9.22. The van der Waals surface area contributed by atoms with Gasteiger partial charge in [-0.2, -0.15) is 0 Å². The Labute approximate surface area is 89.6 Å². The zero-order chi connectivity index (χ0) is 11.3. The quantitative estimate of drug-likeness (QED) is 0.661. The highest BCUT2D eigenvalue weighted by Gasteiger charge is 2.33. The Morgan fingerprint density at radius 2 is 1.93 bits per heavy atom. The SMILES string of the molecule is CN(CC(F)F)CC1(C=O)CCCCC1. The first kappa shape index (κ1) is 12.6. The summed E-state index contributed by atoms with van der Waals surface area (Å²) in [5, 5.41) is 0. The van der Waals surface area contributed by atoms with Gasteiger partial charge in [0.1, 0.15) is 6.29 Å². The first-order valence-corrected chi connectivity index (χ1v) is 5.51. The van der Waals surface area contributed by atoms with E-state index in [-0.39, 0.29) is 12.0 Å². The summed E-state index contributed by atoms with van der Waals surface area (Å²) in [6.45, 7) is 0.233. The largest absolute Gasteiger partial charge is 0.303 e. The topological polar surface area (TPSA) is 20.3 Å². The van der Waals surface area contributed by atoms with Crippen LogP contribution in [0.25, 0.3) is 0 Å². The molecule has 1 fully saturated rings. The van der Waals surface area contributed by atoms with Crippen LogP contribution in [0.15, 0.2) is 0 Å². The lowest BCUT2D eigenvalue weighted by molar-refractivity contribution is -0.119. The number of rotatable bonds is 5. The molecule has 1 rings (SSSR count). The first-order valence-electron chi connectivity index (χ1n) is 5.51. The minimum absolute atomic E-state index is 0.240. The second-order valence-electron chi connectivity index (χ2n) is 4.63. The van der Waals surface area contributed by atoms with E-state index in [4.69, 9.17) is 0 Å². The Balaban J connectivity index is 2.47. The summed E-state index contributed by atoms with van der Waals surface area (Å²) >= 11 is 0. The van der Waals surface area contributed by atoms with Crippen molar-refractivity contribution in [2.75, 3.05) is 20.1 Å². The maximum absolute atomic E-state index is 12.1. The number of aldehydes is 1. The molecule has 0 aliphatic heterocycles. The van der Waals surface area contributed by atoms with E-state index in [1.807, 2.05) is 0 Å². The van der Waals surface area contributed by atoms with Crippen LogP contribution in [-0.4, -0.2) is 37.7 Å². The molecule has 0 atom stereocenters. The van der Waals surface area contributed by atoms with Gasteiger partial charge in [-0.1, -0.05) is 19.3 Å². The number of hydrogen-bond acceptors (Lipinski definition) is 2. The van der Waals surface area contributed by atoms with Crippen molar-refractivity contribution in [3.63, 3.8) is 0 Å². The van der Waals surface area contributed by atoms with Crippen LogP contribution in [0.4, 0.5) is 8.78 Å². The van der Waals surface area contributed by atoms with Crippen LogP contribution in [0.1, 0.15) is 32.1 Å². The number of nitrogens with zero attached hydrogens (tertiary/aromatic N) is 1. The molecule has 0 aromatic heterocycles. The molecule has 88 valence electrons. The Morgan fingerprint density at radius 1 is 1.33 bits per heavy atom. The van der Waals surface area contributed by atoms with E-state index in [0.29, 0.717) is 6.54 Å². The van der Waals surface area contributed by atoms with E-state index < -0.39 is 6.43 Å². The van der Waals surface area contributed by atoms with Crippen molar-refractivity contribution in [1.82, 2.24) is 4.90 Å². The molecule has 0 saturated heterocycles. The van der Waals surface area contributed by atoms with Crippen molar-refractivity contribution in [3.05, 3.63) is 0 Å². The van der Waals surface area contributed by atoms with Crippen LogP contribution < -0.4 is 0 Å². The number of alkyl halides is 2. The molecular formula is C11H19F2NO. The standard InChI is InChI=1S/C11H19F2NO/c1-14(7-10(12)13)8-11(9-15)5-3-2-4-6-11/h9-10H,2-8H2,1H3. The van der Waals surface area contributed by atoms with Crippen LogP contribution in [0, 0.1) is 5.41 Å². The Morgan fingerprint density at radius 3 is 2.40 bits per heavy atom. The second kappa shape index (κ2) is 5.54. The zero-order valence-electron chi connectivity index (χ0n) is 9.22. The number of carbonyl (C=O) groups excluding carboxylic acids is 1. The molecule has 0 spiro atoms. The maximum Gasteiger partial charge on any atom is 0.251 e. The third kappa shape index (κ3) is 3.86. The van der Waals surface area contributed by atoms with E-state index in [1.165, 1.54) is 0 Å². The average Bonchev–Trinajstić information content (AvgIpc) is 2.17. The normalized spacial score (nSPS) is 20.9. The molecule has 0 radical (unpaired) electrons.